The zero-order valence-electron chi connectivity index (χ0n) is 20.7. The van der Waals surface area contributed by atoms with Crippen molar-refractivity contribution in [3.63, 3.8) is 0 Å². The van der Waals surface area contributed by atoms with Crippen LogP contribution in [-0.4, -0.2) is 11.1 Å². The number of para-hydroxylation sites is 1. The fourth-order valence-corrected chi connectivity index (χ4v) is 4.01. The van der Waals surface area contributed by atoms with Crippen LogP contribution in [0.15, 0.2) is 97.1 Å². The topological polar surface area (TPSA) is 57.0 Å². The second kappa shape index (κ2) is 12.6. The molecule has 1 aromatic heterocycles. The van der Waals surface area contributed by atoms with Gasteiger partial charge in [-0.2, -0.15) is 0 Å². The highest BCUT2D eigenvalue weighted by atomic mass is 15.0. The molecule has 0 amide bonds. The monoisotopic (exact) mass is 451 g/mol. The van der Waals surface area contributed by atoms with Gasteiger partial charge >= 0.3 is 0 Å². The summed E-state index contributed by atoms with van der Waals surface area (Å²) in [6, 6.07) is 34.3. The second-order valence-corrected chi connectivity index (χ2v) is 8.07. The van der Waals surface area contributed by atoms with Crippen LogP contribution in [0.2, 0.25) is 0 Å². The van der Waals surface area contributed by atoms with E-state index in [-0.39, 0.29) is 0 Å². The van der Waals surface area contributed by atoms with E-state index in [0.717, 1.165) is 37.2 Å². The average Bonchev–Trinajstić information content (AvgIpc) is 3.24. The van der Waals surface area contributed by atoms with Crippen molar-refractivity contribution in [3.8, 4) is 5.69 Å². The highest BCUT2D eigenvalue weighted by molar-refractivity contribution is 6.09. The van der Waals surface area contributed by atoms with Crippen LogP contribution in [0.3, 0.4) is 0 Å². The lowest BCUT2D eigenvalue weighted by atomic mass is 10.0. The molecule has 0 aliphatic rings. The number of anilines is 1. The van der Waals surface area contributed by atoms with Crippen molar-refractivity contribution in [1.29, 1.82) is 0 Å². The number of benzene rings is 4. The summed E-state index contributed by atoms with van der Waals surface area (Å²) >= 11 is 0. The van der Waals surface area contributed by atoms with Crippen LogP contribution in [0.1, 0.15) is 38.3 Å². The van der Waals surface area contributed by atoms with Gasteiger partial charge in [0.05, 0.1) is 11.0 Å². The Labute approximate surface area is 204 Å². The number of aryl methyl sites for hydroxylation is 2. The Bertz CT molecular complexity index is 1280. The third kappa shape index (κ3) is 5.86. The van der Waals surface area contributed by atoms with Crippen molar-refractivity contribution < 1.29 is 0 Å². The third-order valence-corrected chi connectivity index (χ3v) is 5.72. The molecule has 4 N–H and O–H groups in total. The number of hydrogen-bond donors (Lipinski definition) is 2. The number of aromatic nitrogens is 1. The molecule has 0 aliphatic heterocycles. The van der Waals surface area contributed by atoms with E-state index in [4.69, 9.17) is 11.5 Å². The van der Waals surface area contributed by atoms with Crippen LogP contribution < -0.4 is 11.5 Å². The first-order valence-corrected chi connectivity index (χ1v) is 12.3. The third-order valence-electron chi connectivity index (χ3n) is 5.72. The molecule has 0 radical (unpaired) electrons. The maximum Gasteiger partial charge on any atom is 0.0541 e. The highest BCUT2D eigenvalue weighted by Crippen LogP contribution is 2.33. The smallest absolute Gasteiger partial charge is 0.0541 e. The fraction of sp³-hybridized carbons (Fsp3) is 0.226. The van der Waals surface area contributed by atoms with E-state index in [0.29, 0.717) is 0 Å². The molecular weight excluding hydrogens is 414 g/mol. The number of fused-ring (bicyclic) bond motifs is 3. The van der Waals surface area contributed by atoms with Gasteiger partial charge in [-0.25, -0.2) is 0 Å². The summed E-state index contributed by atoms with van der Waals surface area (Å²) in [4.78, 5) is 0. The minimum Gasteiger partial charge on any atom is -0.399 e. The molecular formula is C31H37N3. The molecule has 5 aromatic rings. The van der Waals surface area contributed by atoms with Gasteiger partial charge in [0, 0.05) is 22.1 Å². The quantitative estimate of drug-likeness (QED) is 0.271. The Hall–Kier alpha value is -3.56. The van der Waals surface area contributed by atoms with E-state index in [1.807, 2.05) is 26.0 Å². The number of nitrogen functional groups attached to an aromatic ring is 1. The summed E-state index contributed by atoms with van der Waals surface area (Å²) < 4.78 is 2.32. The predicted molar refractivity (Wildman–Crippen MR) is 150 cm³/mol. The largest absolute Gasteiger partial charge is 0.399 e. The minimum absolute atomic E-state index is 0.785. The van der Waals surface area contributed by atoms with Crippen molar-refractivity contribution >= 4 is 27.5 Å². The molecule has 0 unspecified atom stereocenters. The Morgan fingerprint density at radius 3 is 1.91 bits per heavy atom. The predicted octanol–water partition coefficient (Wildman–Crippen LogP) is 7.53. The van der Waals surface area contributed by atoms with E-state index >= 15 is 0 Å². The Morgan fingerprint density at radius 2 is 1.24 bits per heavy atom. The molecule has 3 heteroatoms. The molecule has 0 saturated heterocycles. The van der Waals surface area contributed by atoms with Gasteiger partial charge in [-0.1, -0.05) is 75.4 Å². The lowest BCUT2D eigenvalue weighted by Gasteiger charge is -2.08. The van der Waals surface area contributed by atoms with E-state index in [2.05, 4.69) is 96.4 Å². The van der Waals surface area contributed by atoms with Crippen LogP contribution in [0.25, 0.3) is 27.5 Å². The van der Waals surface area contributed by atoms with Crippen molar-refractivity contribution in [2.24, 2.45) is 5.73 Å². The van der Waals surface area contributed by atoms with Gasteiger partial charge in [-0.3, -0.25) is 0 Å². The van der Waals surface area contributed by atoms with Gasteiger partial charge in [0.2, 0.25) is 0 Å². The molecule has 0 spiro atoms. The van der Waals surface area contributed by atoms with E-state index < -0.39 is 0 Å². The number of hydrogen-bond acceptors (Lipinski definition) is 2. The normalized spacial score (nSPS) is 10.4. The molecule has 0 atom stereocenters. The molecule has 3 nitrogen and oxygen atoms in total. The summed E-state index contributed by atoms with van der Waals surface area (Å²) in [5.74, 6) is 0. The molecule has 0 fully saturated rings. The Balaban J connectivity index is 0.000000492. The molecule has 0 bridgehead atoms. The molecule has 34 heavy (non-hydrogen) atoms. The highest BCUT2D eigenvalue weighted by Gasteiger charge is 2.12. The average molecular weight is 452 g/mol. The number of rotatable bonds is 5. The fourth-order valence-electron chi connectivity index (χ4n) is 4.01. The van der Waals surface area contributed by atoms with Crippen LogP contribution in [0.4, 0.5) is 5.69 Å². The first kappa shape index (κ1) is 25.1. The van der Waals surface area contributed by atoms with Crippen LogP contribution in [0, 0.1) is 0 Å². The summed E-state index contributed by atoms with van der Waals surface area (Å²) in [5, 5.41) is 2.59. The van der Waals surface area contributed by atoms with Crippen molar-refractivity contribution in [2.75, 3.05) is 12.3 Å². The van der Waals surface area contributed by atoms with Gasteiger partial charge in [-0.15, -0.1) is 0 Å². The summed E-state index contributed by atoms with van der Waals surface area (Å²) in [6.07, 6.45) is 3.20. The maximum atomic E-state index is 5.90. The SMILES string of the molecule is CC.CCCN.Nc1ccc(-n2c3ccccc3c3cc(CCc4ccccc4)ccc32)cc1. The number of nitrogens with two attached hydrogens (primary N) is 2. The first-order valence-electron chi connectivity index (χ1n) is 12.3. The summed E-state index contributed by atoms with van der Waals surface area (Å²) in [6.45, 7) is 6.88. The van der Waals surface area contributed by atoms with Crippen LogP contribution >= 0.6 is 0 Å². The summed E-state index contributed by atoms with van der Waals surface area (Å²) in [5.41, 5.74) is 18.1. The second-order valence-electron chi connectivity index (χ2n) is 8.07. The van der Waals surface area contributed by atoms with Gasteiger partial charge in [0.15, 0.2) is 0 Å². The van der Waals surface area contributed by atoms with E-state index in [9.17, 15) is 0 Å². The zero-order valence-corrected chi connectivity index (χ0v) is 20.7. The lowest BCUT2D eigenvalue weighted by Crippen LogP contribution is -1.95. The van der Waals surface area contributed by atoms with Gasteiger partial charge in [0.25, 0.3) is 0 Å². The maximum absolute atomic E-state index is 5.90. The lowest BCUT2D eigenvalue weighted by molar-refractivity contribution is 0.932. The van der Waals surface area contributed by atoms with Crippen molar-refractivity contribution in [2.45, 2.75) is 40.0 Å². The minimum atomic E-state index is 0.785. The van der Waals surface area contributed by atoms with Crippen LogP contribution in [-0.2, 0) is 12.8 Å². The Morgan fingerprint density at radius 1 is 0.647 bits per heavy atom. The van der Waals surface area contributed by atoms with E-state index in [1.165, 1.54) is 32.9 Å². The Kier molecular flexibility index (Phi) is 9.30. The van der Waals surface area contributed by atoms with Crippen molar-refractivity contribution in [3.05, 3.63) is 108 Å². The van der Waals surface area contributed by atoms with Gasteiger partial charge < -0.3 is 16.0 Å². The molecule has 5 rings (SSSR count). The molecule has 0 saturated carbocycles. The first-order chi connectivity index (χ1) is 16.7. The molecule has 4 aromatic carbocycles. The summed E-state index contributed by atoms with van der Waals surface area (Å²) in [7, 11) is 0. The van der Waals surface area contributed by atoms with Gasteiger partial charge in [-0.05, 0) is 79.4 Å². The van der Waals surface area contributed by atoms with Crippen LogP contribution in [0.5, 0.6) is 0 Å². The molecule has 1 heterocycles. The van der Waals surface area contributed by atoms with E-state index in [1.54, 1.807) is 0 Å². The van der Waals surface area contributed by atoms with Gasteiger partial charge in [0.1, 0.15) is 0 Å². The standard InChI is InChI=1S/C26H22N2.C3H9N.C2H6/c27-21-13-15-22(16-14-21)28-25-9-5-4-8-23(25)24-18-20(12-17-26(24)28)11-10-19-6-2-1-3-7-19;1-2-3-4;1-2/h1-9,12-18H,10-11,27H2;2-4H2,1H3;1-2H3. The van der Waals surface area contributed by atoms with Crippen molar-refractivity contribution in [1.82, 2.24) is 4.57 Å². The molecule has 0 aliphatic carbocycles. The number of nitrogens with zero attached hydrogens (tertiary/aromatic N) is 1. The molecule has 176 valence electrons. The zero-order chi connectivity index (χ0) is 24.3.